The molecule has 0 amide bonds. The van der Waals surface area contributed by atoms with E-state index in [4.69, 9.17) is 5.73 Å². The van der Waals surface area contributed by atoms with E-state index in [1.165, 1.54) is 23.9 Å². The molecule has 1 nitrogen and oxygen atoms in total. The van der Waals surface area contributed by atoms with Gasteiger partial charge in [0.1, 0.15) is 0 Å². The van der Waals surface area contributed by atoms with Crippen LogP contribution in [0.15, 0.2) is 29.2 Å². The minimum atomic E-state index is -4.26. The number of nitrogens with two attached hydrogens (primary N) is 1. The minimum Gasteiger partial charge on any atom is -0.329 e. The lowest BCUT2D eigenvalue weighted by Gasteiger charge is -2.09. The van der Waals surface area contributed by atoms with E-state index in [2.05, 4.69) is 0 Å². The molecule has 0 aliphatic heterocycles. The fourth-order valence-electron chi connectivity index (χ4n) is 1.24. The molecule has 0 fully saturated rings. The van der Waals surface area contributed by atoms with Gasteiger partial charge in [-0.15, -0.1) is 11.8 Å². The summed E-state index contributed by atoms with van der Waals surface area (Å²) < 4.78 is 37.4. The summed E-state index contributed by atoms with van der Waals surface area (Å²) in [7, 11) is 0. The van der Waals surface area contributed by atoms with Gasteiger partial charge in [-0.05, 0) is 18.2 Å². The van der Waals surface area contributed by atoms with Gasteiger partial charge in [0.15, 0.2) is 0 Å². The first-order chi connectivity index (χ1) is 8.43. The lowest BCUT2D eigenvalue weighted by atomic mass is 10.2. The van der Waals surface area contributed by atoms with Crippen LogP contribution in [0.3, 0.4) is 0 Å². The van der Waals surface area contributed by atoms with Gasteiger partial charge in [-0.3, -0.25) is 0 Å². The van der Waals surface area contributed by atoms with Crippen LogP contribution >= 0.6 is 23.5 Å². The normalized spacial score (nSPS) is 13.6. The lowest BCUT2D eigenvalue weighted by molar-refractivity contribution is -0.137. The monoisotopic (exact) mass is 295 g/mol. The Hall–Kier alpha value is -0.330. The van der Waals surface area contributed by atoms with E-state index in [1.807, 2.05) is 6.92 Å². The summed E-state index contributed by atoms with van der Waals surface area (Å²) in [5.41, 5.74) is 4.89. The van der Waals surface area contributed by atoms with E-state index < -0.39 is 11.7 Å². The second-order valence-corrected chi connectivity index (χ2v) is 6.51. The molecule has 1 aromatic carbocycles. The van der Waals surface area contributed by atoms with Crippen LogP contribution in [0.4, 0.5) is 13.2 Å². The Labute approximate surface area is 114 Å². The first kappa shape index (κ1) is 15.7. The van der Waals surface area contributed by atoms with Crippen molar-refractivity contribution in [1.29, 1.82) is 0 Å². The van der Waals surface area contributed by atoms with Crippen molar-refractivity contribution in [3.8, 4) is 0 Å². The molecule has 1 aromatic rings. The van der Waals surface area contributed by atoms with Gasteiger partial charge in [-0.1, -0.05) is 13.0 Å². The zero-order chi connectivity index (χ0) is 13.6. The molecule has 0 aliphatic rings. The third-order valence-corrected chi connectivity index (χ3v) is 4.70. The SMILES string of the molecule is CC(CN)SCCSc1cccc(C(F)(F)F)c1. The Balaban J connectivity index is 2.43. The number of hydrogen-bond acceptors (Lipinski definition) is 3. The van der Waals surface area contributed by atoms with Gasteiger partial charge in [0, 0.05) is 28.2 Å². The highest BCUT2D eigenvalue weighted by molar-refractivity contribution is 8.03. The molecule has 6 heteroatoms. The molecule has 0 heterocycles. The van der Waals surface area contributed by atoms with Crippen LogP contribution in [0.1, 0.15) is 12.5 Å². The second kappa shape index (κ2) is 7.31. The van der Waals surface area contributed by atoms with Crippen molar-refractivity contribution in [1.82, 2.24) is 0 Å². The fraction of sp³-hybridized carbons (Fsp3) is 0.500. The summed E-state index contributed by atoms with van der Waals surface area (Å²) in [4.78, 5) is 0.658. The number of hydrogen-bond donors (Lipinski definition) is 1. The Morgan fingerprint density at radius 1 is 1.28 bits per heavy atom. The van der Waals surface area contributed by atoms with Crippen LogP contribution in [-0.2, 0) is 6.18 Å². The van der Waals surface area contributed by atoms with Crippen LogP contribution in [0, 0.1) is 0 Å². The van der Waals surface area contributed by atoms with Gasteiger partial charge < -0.3 is 5.73 Å². The first-order valence-electron chi connectivity index (χ1n) is 5.55. The van der Waals surface area contributed by atoms with Crippen molar-refractivity contribution in [2.75, 3.05) is 18.1 Å². The maximum absolute atomic E-state index is 12.5. The Kier molecular flexibility index (Phi) is 6.38. The van der Waals surface area contributed by atoms with Crippen LogP contribution in [0.25, 0.3) is 0 Å². The van der Waals surface area contributed by atoms with E-state index in [9.17, 15) is 13.2 Å². The molecule has 0 spiro atoms. The van der Waals surface area contributed by atoms with Gasteiger partial charge >= 0.3 is 6.18 Å². The van der Waals surface area contributed by atoms with Gasteiger partial charge in [0.25, 0.3) is 0 Å². The smallest absolute Gasteiger partial charge is 0.329 e. The maximum atomic E-state index is 12.5. The number of benzene rings is 1. The molecule has 18 heavy (non-hydrogen) atoms. The maximum Gasteiger partial charge on any atom is 0.416 e. The zero-order valence-electron chi connectivity index (χ0n) is 10.0. The van der Waals surface area contributed by atoms with E-state index >= 15 is 0 Å². The summed E-state index contributed by atoms with van der Waals surface area (Å²) in [6.07, 6.45) is -4.26. The van der Waals surface area contributed by atoms with Gasteiger partial charge in [0.2, 0.25) is 0 Å². The summed E-state index contributed by atoms with van der Waals surface area (Å²) in [5.74, 6) is 1.68. The van der Waals surface area contributed by atoms with Crippen LogP contribution in [-0.4, -0.2) is 23.3 Å². The fourth-order valence-corrected chi connectivity index (χ4v) is 3.12. The van der Waals surface area contributed by atoms with E-state index in [1.54, 1.807) is 17.8 Å². The second-order valence-electron chi connectivity index (χ2n) is 3.79. The average molecular weight is 295 g/mol. The van der Waals surface area contributed by atoms with Crippen molar-refractivity contribution in [3.63, 3.8) is 0 Å². The standard InChI is InChI=1S/C12H16F3NS2/c1-9(8-16)17-5-6-18-11-4-2-3-10(7-11)12(13,14)15/h2-4,7,9H,5-6,8,16H2,1H3. The predicted molar refractivity (Wildman–Crippen MR) is 73.1 cm³/mol. The van der Waals surface area contributed by atoms with Crippen LogP contribution in [0.5, 0.6) is 0 Å². The van der Waals surface area contributed by atoms with Crippen molar-refractivity contribution >= 4 is 23.5 Å². The molecule has 0 saturated heterocycles. The highest BCUT2D eigenvalue weighted by Crippen LogP contribution is 2.32. The third-order valence-electron chi connectivity index (χ3n) is 2.25. The number of alkyl halides is 3. The first-order valence-corrected chi connectivity index (χ1v) is 7.58. The van der Waals surface area contributed by atoms with Gasteiger partial charge in [0.05, 0.1) is 5.56 Å². The summed E-state index contributed by atoms with van der Waals surface area (Å²) in [6.45, 7) is 2.67. The molecule has 0 bridgehead atoms. The van der Waals surface area contributed by atoms with Crippen molar-refractivity contribution in [3.05, 3.63) is 29.8 Å². The molecule has 102 valence electrons. The molecule has 1 atom stereocenters. The molecule has 0 saturated carbocycles. The molecule has 2 N–H and O–H groups in total. The Morgan fingerprint density at radius 3 is 2.61 bits per heavy atom. The van der Waals surface area contributed by atoms with Crippen molar-refractivity contribution < 1.29 is 13.2 Å². The molecule has 0 aliphatic carbocycles. The topological polar surface area (TPSA) is 26.0 Å². The number of rotatable bonds is 6. The highest BCUT2D eigenvalue weighted by Gasteiger charge is 2.30. The van der Waals surface area contributed by atoms with Crippen molar-refractivity contribution in [2.45, 2.75) is 23.2 Å². The number of halogens is 3. The lowest BCUT2D eigenvalue weighted by Crippen LogP contribution is -2.13. The van der Waals surface area contributed by atoms with E-state index in [0.29, 0.717) is 16.7 Å². The third kappa shape index (κ3) is 5.54. The summed E-state index contributed by atoms with van der Waals surface area (Å²) in [6, 6.07) is 5.44. The molecule has 0 radical (unpaired) electrons. The quantitative estimate of drug-likeness (QED) is 0.637. The zero-order valence-corrected chi connectivity index (χ0v) is 11.7. The van der Waals surface area contributed by atoms with E-state index in [-0.39, 0.29) is 0 Å². The highest BCUT2D eigenvalue weighted by atomic mass is 32.2. The largest absolute Gasteiger partial charge is 0.416 e. The average Bonchev–Trinajstić information content (AvgIpc) is 2.33. The van der Waals surface area contributed by atoms with Crippen LogP contribution in [0.2, 0.25) is 0 Å². The van der Waals surface area contributed by atoms with Crippen LogP contribution < -0.4 is 5.73 Å². The van der Waals surface area contributed by atoms with Gasteiger partial charge in [-0.2, -0.15) is 24.9 Å². The minimum absolute atomic E-state index is 0.395. The van der Waals surface area contributed by atoms with Gasteiger partial charge in [-0.25, -0.2) is 0 Å². The van der Waals surface area contributed by atoms with Crippen molar-refractivity contribution in [2.24, 2.45) is 5.73 Å². The molecular weight excluding hydrogens is 279 g/mol. The molecule has 0 aromatic heterocycles. The summed E-state index contributed by atoms with van der Waals surface area (Å²) in [5, 5.41) is 0.395. The molecular formula is C12H16F3NS2. The predicted octanol–water partition coefficient (Wildman–Crippen LogP) is 3.88. The molecule has 1 rings (SSSR count). The Morgan fingerprint density at radius 2 is 2.00 bits per heavy atom. The summed E-state index contributed by atoms with van der Waals surface area (Å²) >= 11 is 3.18. The number of thioether (sulfide) groups is 2. The van der Waals surface area contributed by atoms with E-state index in [0.717, 1.165) is 17.6 Å². The molecule has 1 unspecified atom stereocenters. The Bertz CT molecular complexity index is 369.